The lowest BCUT2D eigenvalue weighted by molar-refractivity contribution is -0.975. The Hall–Kier alpha value is -2.71. The molecule has 1 aromatic carbocycles. The van der Waals surface area contributed by atoms with Crippen LogP contribution in [0.5, 0.6) is 5.75 Å². The van der Waals surface area contributed by atoms with Gasteiger partial charge in [-0.1, -0.05) is 0 Å². The molecule has 0 spiro atoms. The Labute approximate surface area is 113 Å². The molecule has 0 fully saturated rings. The Bertz CT molecular complexity index is 460. The number of ether oxygens (including phenoxy) is 2. The topological polar surface area (TPSA) is 115 Å². The summed E-state index contributed by atoms with van der Waals surface area (Å²) in [6.07, 6.45) is -0.0196. The second kappa shape index (κ2) is 8.40. The van der Waals surface area contributed by atoms with Crippen molar-refractivity contribution in [3.05, 3.63) is 34.1 Å². The van der Waals surface area contributed by atoms with Gasteiger partial charge in [0, 0.05) is 0 Å². The predicted molar refractivity (Wildman–Crippen MR) is 64.5 cm³/mol. The Morgan fingerprint density at radius 1 is 1.20 bits per heavy atom. The second-order valence-corrected chi connectivity index (χ2v) is 3.56. The van der Waals surface area contributed by atoms with Crippen molar-refractivity contribution in [3.63, 3.8) is 0 Å². The molecule has 0 saturated carbocycles. The minimum Gasteiger partial charge on any atom is -0.434 e. The molecule has 0 amide bonds. The van der Waals surface area contributed by atoms with Crippen molar-refractivity contribution in [2.75, 3.05) is 13.2 Å². The first-order valence-corrected chi connectivity index (χ1v) is 5.69. The lowest BCUT2D eigenvalue weighted by Crippen LogP contribution is -2.12. The third kappa shape index (κ3) is 6.28. The average molecular weight is 285 g/mol. The lowest BCUT2D eigenvalue weighted by atomic mass is 10.3. The van der Waals surface area contributed by atoms with Gasteiger partial charge in [-0.3, -0.25) is 0 Å². The van der Waals surface area contributed by atoms with Crippen LogP contribution in [0.4, 0.5) is 10.5 Å². The van der Waals surface area contributed by atoms with Crippen LogP contribution >= 0.6 is 0 Å². The van der Waals surface area contributed by atoms with Gasteiger partial charge in [0.1, 0.15) is 16.3 Å². The number of nitroso groups, excluding NO2 is 1. The number of carbonyl (C=O) groups is 1. The summed E-state index contributed by atoms with van der Waals surface area (Å²) in [5.41, 5.74) is 0.224. The summed E-state index contributed by atoms with van der Waals surface area (Å²) in [7, 11) is 0. The number of rotatable bonds is 8. The van der Waals surface area contributed by atoms with Crippen molar-refractivity contribution in [1.82, 2.24) is 0 Å². The highest BCUT2D eigenvalue weighted by Crippen LogP contribution is 2.17. The van der Waals surface area contributed by atoms with Crippen molar-refractivity contribution in [2.45, 2.75) is 12.8 Å². The normalized spacial score (nSPS) is 9.60. The Morgan fingerprint density at radius 2 is 1.85 bits per heavy atom. The van der Waals surface area contributed by atoms with Crippen LogP contribution in [0.3, 0.4) is 0 Å². The fraction of sp³-hybridized carbons (Fsp3) is 0.364. The summed E-state index contributed by atoms with van der Waals surface area (Å²) in [6, 6.07) is 5.62. The third-order valence-corrected chi connectivity index (χ3v) is 2.10. The number of benzene rings is 1. The molecule has 0 radical (unpaired) electrons. The summed E-state index contributed by atoms with van der Waals surface area (Å²) in [6.45, 7) is 0.0963. The molecule has 0 bridgehead atoms. The maximum Gasteiger partial charge on any atom is 0.513 e. The second-order valence-electron chi connectivity index (χ2n) is 3.56. The molecule has 0 aliphatic rings. The predicted octanol–water partition coefficient (Wildman–Crippen LogP) is 2.48. The third-order valence-electron chi connectivity index (χ3n) is 2.10. The van der Waals surface area contributed by atoms with Crippen LogP contribution in [-0.4, -0.2) is 29.7 Å². The van der Waals surface area contributed by atoms with Gasteiger partial charge in [0.15, 0.2) is 6.61 Å². The van der Waals surface area contributed by atoms with Crippen LogP contribution in [0, 0.1) is 9.81 Å². The van der Waals surface area contributed by atoms with E-state index in [0.717, 1.165) is 0 Å². The van der Waals surface area contributed by atoms with Gasteiger partial charge < -0.3 is 9.47 Å². The maximum absolute atomic E-state index is 11.2. The van der Waals surface area contributed by atoms with E-state index in [1.165, 1.54) is 24.3 Å². The van der Waals surface area contributed by atoms with Gasteiger partial charge in [-0.05, 0) is 42.3 Å². The Kier molecular flexibility index (Phi) is 6.45. The fourth-order valence-electron chi connectivity index (χ4n) is 1.20. The minimum absolute atomic E-state index is 0.0125. The maximum atomic E-state index is 11.2. The van der Waals surface area contributed by atoms with E-state index in [0.29, 0.717) is 12.8 Å². The van der Waals surface area contributed by atoms with Gasteiger partial charge >= 0.3 is 11.2 Å². The molecule has 9 heteroatoms. The molecule has 1 aromatic rings. The fourth-order valence-corrected chi connectivity index (χ4v) is 1.20. The van der Waals surface area contributed by atoms with E-state index in [9.17, 15) is 14.6 Å². The zero-order valence-electron chi connectivity index (χ0n) is 10.4. The first kappa shape index (κ1) is 15.3. The summed E-state index contributed by atoms with van der Waals surface area (Å²) in [4.78, 5) is 35.6. The van der Waals surface area contributed by atoms with Crippen molar-refractivity contribution in [1.29, 1.82) is 0 Å². The molecule has 1 N–H and O–H groups in total. The average Bonchev–Trinajstić information content (AvgIpc) is 2.43. The van der Waals surface area contributed by atoms with E-state index in [4.69, 9.17) is 14.7 Å². The molecule has 0 aliphatic heterocycles. The zero-order valence-corrected chi connectivity index (χ0v) is 10.4. The van der Waals surface area contributed by atoms with Crippen LogP contribution < -0.4 is 4.74 Å². The highest BCUT2D eigenvalue weighted by Gasteiger charge is 2.07. The molecule has 0 unspecified atom stereocenters. The van der Waals surface area contributed by atoms with Gasteiger partial charge in [-0.15, -0.1) is 4.91 Å². The van der Waals surface area contributed by atoms with Gasteiger partial charge in [0.2, 0.25) is 0 Å². The van der Waals surface area contributed by atoms with Gasteiger partial charge in [0.05, 0.1) is 6.61 Å². The molecular weight excluding hydrogens is 272 g/mol. The number of hydrogen-bond acceptors (Lipinski definition) is 7. The smallest absolute Gasteiger partial charge is 0.434 e. The molecule has 9 nitrogen and oxygen atoms in total. The van der Waals surface area contributed by atoms with Crippen LogP contribution in [0.15, 0.2) is 29.4 Å². The molecule has 0 aromatic heterocycles. The number of unbranched alkanes of at least 4 members (excludes halogenated alkanes) is 1. The van der Waals surface area contributed by atoms with Crippen LogP contribution in [0.25, 0.3) is 0 Å². The SMILES string of the molecule is O=Nc1ccc(OC(=O)OCCCCO[N+](=O)O)cc1. The number of hydrogen-bond donors (Lipinski definition) is 1. The first-order valence-electron chi connectivity index (χ1n) is 5.69. The molecule has 1 rings (SSSR count). The summed E-state index contributed by atoms with van der Waals surface area (Å²) >= 11 is 0. The minimum atomic E-state index is -0.884. The molecule has 0 saturated heterocycles. The highest BCUT2D eigenvalue weighted by atomic mass is 16.9. The van der Waals surface area contributed by atoms with E-state index >= 15 is 0 Å². The summed E-state index contributed by atoms with van der Waals surface area (Å²) in [5.74, 6) is 0.230. The number of nitrogens with zero attached hydrogens (tertiary/aromatic N) is 2. The molecule has 20 heavy (non-hydrogen) atoms. The van der Waals surface area contributed by atoms with E-state index in [1.54, 1.807) is 0 Å². The van der Waals surface area contributed by atoms with Gasteiger partial charge in [-0.25, -0.2) is 10.0 Å². The quantitative estimate of drug-likeness (QED) is 0.256. The van der Waals surface area contributed by atoms with Crippen LogP contribution in [0.1, 0.15) is 12.8 Å². The summed E-state index contributed by atoms with van der Waals surface area (Å²) < 4.78 is 9.58. The van der Waals surface area contributed by atoms with E-state index in [-0.39, 0.29) is 24.7 Å². The molecule has 0 aliphatic carbocycles. The first-order chi connectivity index (χ1) is 9.61. The van der Waals surface area contributed by atoms with Crippen LogP contribution in [0.2, 0.25) is 0 Å². The zero-order chi connectivity index (χ0) is 14.8. The van der Waals surface area contributed by atoms with E-state index in [1.807, 2.05) is 0 Å². The van der Waals surface area contributed by atoms with Crippen molar-refractivity contribution < 1.29 is 29.4 Å². The standard InChI is InChI=1S/C11H13N2O7/c14-11(18-7-1-2-8-19-13(16)17)20-10-5-3-9(12-15)4-6-10/h3-6H,1-2,7-8H2,(H,16,17)/q+1. The molecule has 0 atom stereocenters. The van der Waals surface area contributed by atoms with E-state index in [2.05, 4.69) is 10.0 Å². The molecular formula is C11H13N2O7+. The number of carbonyl (C=O) groups excluding carboxylic acids is 1. The molecule has 0 heterocycles. The molecule has 108 valence electrons. The highest BCUT2D eigenvalue weighted by molar-refractivity contribution is 5.64. The lowest BCUT2D eigenvalue weighted by Gasteiger charge is -2.05. The van der Waals surface area contributed by atoms with Crippen molar-refractivity contribution in [3.8, 4) is 5.75 Å². The van der Waals surface area contributed by atoms with Crippen molar-refractivity contribution >= 4 is 11.8 Å². The largest absolute Gasteiger partial charge is 0.513 e. The Morgan fingerprint density at radius 3 is 2.45 bits per heavy atom. The van der Waals surface area contributed by atoms with Crippen molar-refractivity contribution in [2.24, 2.45) is 5.18 Å². The van der Waals surface area contributed by atoms with E-state index < -0.39 is 11.2 Å². The van der Waals surface area contributed by atoms with Crippen LogP contribution in [-0.2, 0) is 9.57 Å². The van der Waals surface area contributed by atoms with Gasteiger partial charge in [-0.2, -0.15) is 4.84 Å². The van der Waals surface area contributed by atoms with Gasteiger partial charge in [0.25, 0.3) is 0 Å². The summed E-state index contributed by atoms with van der Waals surface area (Å²) in [5, 5.41) is 10.2. The monoisotopic (exact) mass is 285 g/mol. The Balaban J connectivity index is 2.16.